The van der Waals surface area contributed by atoms with Crippen molar-refractivity contribution >= 4 is 11.8 Å². The maximum Gasteiger partial charge on any atom is 0.287 e. The van der Waals surface area contributed by atoms with Crippen LogP contribution in [0.25, 0.3) is 0 Å². The van der Waals surface area contributed by atoms with Gasteiger partial charge in [-0.2, -0.15) is 0 Å². The third-order valence-electron chi connectivity index (χ3n) is 3.42. The zero-order chi connectivity index (χ0) is 17.0. The standard InChI is InChI=1S/C16H19N3O4/c1-9-7-10(2)18-15(21)12(9)8-17-14(20)11(3)19-16(22)13-5-4-6-23-13/h4-7,11H,8H2,1-3H3,(H,17,20)(H,18,21)(H,19,22)/t11-/m1/s1. The van der Waals surface area contributed by atoms with Crippen molar-refractivity contribution < 1.29 is 14.0 Å². The Morgan fingerprint density at radius 1 is 1.35 bits per heavy atom. The lowest BCUT2D eigenvalue weighted by Gasteiger charge is -2.14. The molecule has 0 unspecified atom stereocenters. The minimum atomic E-state index is -0.752. The molecule has 3 N–H and O–H groups in total. The summed E-state index contributed by atoms with van der Waals surface area (Å²) in [4.78, 5) is 38.4. The van der Waals surface area contributed by atoms with Gasteiger partial charge in [-0.05, 0) is 44.5 Å². The predicted molar refractivity (Wildman–Crippen MR) is 84.0 cm³/mol. The molecule has 0 saturated heterocycles. The molecule has 1 atom stereocenters. The molecular weight excluding hydrogens is 298 g/mol. The number of hydrogen-bond donors (Lipinski definition) is 3. The molecule has 0 aromatic carbocycles. The molecule has 23 heavy (non-hydrogen) atoms. The molecule has 2 amide bonds. The number of amides is 2. The average molecular weight is 317 g/mol. The Labute approximate surface area is 133 Å². The Kier molecular flexibility index (Phi) is 5.00. The SMILES string of the molecule is Cc1cc(C)c(CNC(=O)[C@@H](C)NC(=O)c2ccco2)c(=O)[nH]1. The zero-order valence-electron chi connectivity index (χ0n) is 13.2. The van der Waals surface area contributed by atoms with Gasteiger partial charge in [0.1, 0.15) is 6.04 Å². The first-order valence-corrected chi connectivity index (χ1v) is 7.20. The summed E-state index contributed by atoms with van der Waals surface area (Å²) in [5, 5.41) is 5.17. The number of nitrogens with one attached hydrogen (secondary N) is 3. The van der Waals surface area contributed by atoms with E-state index in [4.69, 9.17) is 4.42 Å². The lowest BCUT2D eigenvalue weighted by Crippen LogP contribution is -2.45. The summed E-state index contributed by atoms with van der Waals surface area (Å²) in [6.45, 7) is 5.26. The number of carbonyl (C=O) groups is 2. The highest BCUT2D eigenvalue weighted by Crippen LogP contribution is 2.03. The van der Waals surface area contributed by atoms with E-state index in [0.29, 0.717) is 5.56 Å². The average Bonchev–Trinajstić information content (AvgIpc) is 2.99. The highest BCUT2D eigenvalue weighted by molar-refractivity contribution is 5.95. The molecule has 0 fully saturated rings. The largest absolute Gasteiger partial charge is 0.459 e. The molecule has 0 bridgehead atoms. The summed E-state index contributed by atoms with van der Waals surface area (Å²) in [5.41, 5.74) is 1.84. The predicted octanol–water partition coefficient (Wildman–Crippen LogP) is 1.02. The van der Waals surface area contributed by atoms with Crippen LogP contribution in [0.5, 0.6) is 0 Å². The van der Waals surface area contributed by atoms with Gasteiger partial charge in [-0.15, -0.1) is 0 Å². The Morgan fingerprint density at radius 2 is 2.09 bits per heavy atom. The number of aromatic nitrogens is 1. The van der Waals surface area contributed by atoms with Crippen LogP contribution in [0.3, 0.4) is 0 Å². The van der Waals surface area contributed by atoms with Crippen molar-refractivity contribution in [3.63, 3.8) is 0 Å². The van der Waals surface area contributed by atoms with Gasteiger partial charge in [-0.3, -0.25) is 14.4 Å². The smallest absolute Gasteiger partial charge is 0.287 e. The fourth-order valence-electron chi connectivity index (χ4n) is 2.17. The Morgan fingerprint density at radius 3 is 2.70 bits per heavy atom. The van der Waals surface area contributed by atoms with Crippen LogP contribution in [-0.4, -0.2) is 22.8 Å². The van der Waals surface area contributed by atoms with Gasteiger partial charge in [0.2, 0.25) is 5.91 Å². The fourth-order valence-corrected chi connectivity index (χ4v) is 2.17. The van der Waals surface area contributed by atoms with Crippen molar-refractivity contribution in [2.75, 3.05) is 0 Å². The zero-order valence-corrected chi connectivity index (χ0v) is 13.2. The molecule has 0 spiro atoms. The van der Waals surface area contributed by atoms with E-state index in [1.54, 1.807) is 19.9 Å². The van der Waals surface area contributed by atoms with Gasteiger partial charge in [0, 0.05) is 17.8 Å². The van der Waals surface area contributed by atoms with Crippen LogP contribution in [0.15, 0.2) is 33.7 Å². The van der Waals surface area contributed by atoms with E-state index in [1.807, 2.05) is 13.0 Å². The molecular formula is C16H19N3O4. The van der Waals surface area contributed by atoms with Gasteiger partial charge >= 0.3 is 0 Å². The van der Waals surface area contributed by atoms with Gasteiger partial charge in [0.25, 0.3) is 11.5 Å². The third-order valence-corrected chi connectivity index (χ3v) is 3.42. The molecule has 122 valence electrons. The molecule has 2 aromatic heterocycles. The van der Waals surface area contributed by atoms with Crippen LogP contribution in [0, 0.1) is 13.8 Å². The Hall–Kier alpha value is -2.83. The topological polar surface area (TPSA) is 104 Å². The van der Waals surface area contributed by atoms with Crippen molar-refractivity contribution in [3.8, 4) is 0 Å². The number of hydrogen-bond acceptors (Lipinski definition) is 4. The van der Waals surface area contributed by atoms with Crippen molar-refractivity contribution in [1.29, 1.82) is 0 Å². The normalized spacial score (nSPS) is 11.8. The molecule has 0 aliphatic heterocycles. The molecule has 7 heteroatoms. The fraction of sp³-hybridized carbons (Fsp3) is 0.312. The number of pyridine rings is 1. The third kappa shape index (κ3) is 4.09. The monoisotopic (exact) mass is 317 g/mol. The lowest BCUT2D eigenvalue weighted by molar-refractivity contribution is -0.122. The quantitative estimate of drug-likeness (QED) is 0.765. The van der Waals surface area contributed by atoms with E-state index in [9.17, 15) is 14.4 Å². The minimum Gasteiger partial charge on any atom is -0.459 e. The van der Waals surface area contributed by atoms with E-state index in [2.05, 4.69) is 15.6 Å². The van der Waals surface area contributed by atoms with Gasteiger partial charge in [0.15, 0.2) is 5.76 Å². The molecule has 2 aromatic rings. The molecule has 0 aliphatic rings. The highest BCUT2D eigenvalue weighted by Gasteiger charge is 2.18. The van der Waals surface area contributed by atoms with E-state index in [-0.39, 0.29) is 23.8 Å². The van der Waals surface area contributed by atoms with E-state index >= 15 is 0 Å². The molecule has 0 saturated carbocycles. The van der Waals surface area contributed by atoms with Gasteiger partial charge < -0.3 is 20.0 Å². The molecule has 0 radical (unpaired) electrons. The van der Waals surface area contributed by atoms with Gasteiger partial charge in [-0.1, -0.05) is 0 Å². The van der Waals surface area contributed by atoms with E-state index in [1.165, 1.54) is 12.3 Å². The molecule has 0 aliphatic carbocycles. The van der Waals surface area contributed by atoms with Crippen LogP contribution < -0.4 is 16.2 Å². The summed E-state index contributed by atoms with van der Waals surface area (Å²) in [7, 11) is 0. The number of H-pyrrole nitrogens is 1. The van der Waals surface area contributed by atoms with Crippen LogP contribution in [0.4, 0.5) is 0 Å². The second-order valence-corrected chi connectivity index (χ2v) is 5.33. The number of furan rings is 1. The number of aromatic amines is 1. The maximum atomic E-state index is 12.0. The van der Waals surface area contributed by atoms with Crippen LogP contribution in [0.1, 0.15) is 34.3 Å². The maximum absolute atomic E-state index is 12.0. The summed E-state index contributed by atoms with van der Waals surface area (Å²) in [6.07, 6.45) is 1.38. The number of rotatable bonds is 5. The van der Waals surface area contributed by atoms with Crippen LogP contribution >= 0.6 is 0 Å². The molecule has 7 nitrogen and oxygen atoms in total. The summed E-state index contributed by atoms with van der Waals surface area (Å²) >= 11 is 0. The van der Waals surface area contributed by atoms with Crippen molar-refractivity contribution in [3.05, 3.63) is 57.4 Å². The second kappa shape index (κ2) is 6.95. The van der Waals surface area contributed by atoms with Crippen molar-refractivity contribution in [2.24, 2.45) is 0 Å². The first kappa shape index (κ1) is 16.5. The first-order valence-electron chi connectivity index (χ1n) is 7.20. The number of aryl methyl sites for hydroxylation is 2. The highest BCUT2D eigenvalue weighted by atomic mass is 16.3. The number of carbonyl (C=O) groups excluding carboxylic acids is 2. The summed E-state index contributed by atoms with van der Waals surface area (Å²) in [5.74, 6) is -0.721. The Bertz CT molecular complexity index is 762. The first-order chi connectivity index (χ1) is 10.9. The van der Waals surface area contributed by atoms with Crippen molar-refractivity contribution in [1.82, 2.24) is 15.6 Å². The lowest BCUT2D eigenvalue weighted by atomic mass is 10.1. The summed E-state index contributed by atoms with van der Waals surface area (Å²) < 4.78 is 4.96. The van der Waals surface area contributed by atoms with Gasteiger partial charge in [-0.25, -0.2) is 0 Å². The minimum absolute atomic E-state index is 0.0985. The van der Waals surface area contributed by atoms with Crippen LogP contribution in [-0.2, 0) is 11.3 Å². The van der Waals surface area contributed by atoms with E-state index in [0.717, 1.165) is 11.3 Å². The van der Waals surface area contributed by atoms with E-state index < -0.39 is 11.9 Å². The summed E-state index contributed by atoms with van der Waals surface area (Å²) in [6, 6.07) is 4.18. The van der Waals surface area contributed by atoms with Crippen molar-refractivity contribution in [2.45, 2.75) is 33.4 Å². The Balaban J connectivity index is 1.94. The second-order valence-electron chi connectivity index (χ2n) is 5.33. The van der Waals surface area contributed by atoms with Crippen LogP contribution in [0.2, 0.25) is 0 Å². The molecule has 2 heterocycles. The van der Waals surface area contributed by atoms with Gasteiger partial charge in [0.05, 0.1) is 6.26 Å². The molecule has 2 rings (SSSR count).